The van der Waals surface area contributed by atoms with Crippen LogP contribution in [0.4, 0.5) is 0 Å². The molecule has 2 aromatic rings. The Bertz CT molecular complexity index is 538. The molecule has 1 radical (unpaired) electrons. The van der Waals surface area contributed by atoms with Gasteiger partial charge in [-0.3, -0.25) is 4.79 Å². The molecule has 16 heavy (non-hydrogen) atoms. The molecule has 1 aromatic heterocycles. The molecule has 0 amide bonds. The molecule has 1 saturated heterocycles. The van der Waals surface area contributed by atoms with Crippen LogP contribution in [0.3, 0.4) is 0 Å². The van der Waals surface area contributed by atoms with Crippen LogP contribution in [-0.4, -0.2) is 24.6 Å². The number of H-pyrrole nitrogens is 1. The lowest BCUT2D eigenvalue weighted by molar-refractivity contribution is -0.133. The second-order valence-electron chi connectivity index (χ2n) is 3.84. The number of hydrogen-bond donors (Lipinski definition) is 2. The molecule has 2 heterocycles. The van der Waals surface area contributed by atoms with Crippen molar-refractivity contribution in [2.45, 2.75) is 12.5 Å². The highest BCUT2D eigenvalue weighted by atomic mass is 16.5. The van der Waals surface area contributed by atoms with E-state index in [1.807, 2.05) is 30.5 Å². The number of aromatic nitrogens is 1. The molecule has 0 unspecified atom stereocenters. The summed E-state index contributed by atoms with van der Waals surface area (Å²) in [6.45, 7) is 0. The highest BCUT2D eigenvalue weighted by Gasteiger charge is 2.28. The lowest BCUT2D eigenvalue weighted by Gasteiger charge is -2.05. The Hall–Kier alpha value is -1.75. The second-order valence-corrected chi connectivity index (χ2v) is 3.84. The van der Waals surface area contributed by atoms with Crippen LogP contribution in [-0.2, 0) is 15.9 Å². The fourth-order valence-corrected chi connectivity index (χ4v) is 1.99. The van der Waals surface area contributed by atoms with E-state index in [2.05, 4.69) is 10.2 Å². The molecule has 4 nitrogen and oxygen atoms in total. The molecular weight excluding hydrogens is 203 g/mol. The van der Waals surface area contributed by atoms with Crippen molar-refractivity contribution < 1.29 is 9.45 Å². The van der Waals surface area contributed by atoms with Crippen molar-refractivity contribution in [3.05, 3.63) is 36.0 Å². The SMILES string of the molecule is O=C1O[B]N[C@H]1Cc1c[nH]c2ccccc12. The highest BCUT2D eigenvalue weighted by Crippen LogP contribution is 2.19. The third-order valence-corrected chi connectivity index (χ3v) is 2.83. The largest absolute Gasteiger partial charge is 0.520 e. The third-order valence-electron chi connectivity index (χ3n) is 2.83. The van der Waals surface area contributed by atoms with Crippen LogP contribution >= 0.6 is 0 Å². The second kappa shape index (κ2) is 3.68. The van der Waals surface area contributed by atoms with E-state index in [9.17, 15) is 4.79 Å². The predicted octanol–water partition coefficient (Wildman–Crippen LogP) is 0.760. The number of benzene rings is 1. The van der Waals surface area contributed by atoms with Crippen molar-refractivity contribution in [3.63, 3.8) is 0 Å². The van der Waals surface area contributed by atoms with E-state index in [1.54, 1.807) is 0 Å². The molecule has 0 bridgehead atoms. The molecule has 0 saturated carbocycles. The Kier molecular flexibility index (Phi) is 2.18. The van der Waals surface area contributed by atoms with Crippen LogP contribution in [0.1, 0.15) is 5.56 Å². The van der Waals surface area contributed by atoms with Gasteiger partial charge in [-0.2, -0.15) is 0 Å². The minimum absolute atomic E-state index is 0.217. The van der Waals surface area contributed by atoms with Gasteiger partial charge in [-0.15, -0.1) is 0 Å². The van der Waals surface area contributed by atoms with Crippen LogP contribution in [0.5, 0.6) is 0 Å². The number of para-hydroxylation sites is 1. The molecule has 1 aliphatic heterocycles. The van der Waals surface area contributed by atoms with Crippen molar-refractivity contribution in [2.75, 3.05) is 0 Å². The zero-order valence-corrected chi connectivity index (χ0v) is 8.57. The summed E-state index contributed by atoms with van der Waals surface area (Å²) in [5.41, 5.74) is 2.22. The van der Waals surface area contributed by atoms with Gasteiger partial charge in [-0.25, -0.2) is 0 Å². The summed E-state index contributed by atoms with van der Waals surface area (Å²) < 4.78 is 4.74. The standard InChI is InChI=1S/C11H10BN2O2/c15-11-10(14-12-16-11)5-7-6-13-9-4-2-1-3-8(7)9/h1-4,6,10,13-14H,5H2/t10-/m0/s1. The normalized spacial score (nSPS) is 19.8. The minimum Gasteiger partial charge on any atom is -0.520 e. The first-order valence-corrected chi connectivity index (χ1v) is 5.18. The maximum atomic E-state index is 11.3. The quantitative estimate of drug-likeness (QED) is 0.724. The van der Waals surface area contributed by atoms with E-state index >= 15 is 0 Å². The fourth-order valence-electron chi connectivity index (χ4n) is 1.99. The number of rotatable bonds is 2. The summed E-state index contributed by atoms with van der Waals surface area (Å²) in [6, 6.07) is 7.78. The minimum atomic E-state index is -0.265. The molecule has 5 heteroatoms. The highest BCUT2D eigenvalue weighted by molar-refractivity contribution is 6.31. The Morgan fingerprint density at radius 3 is 3.06 bits per heavy atom. The number of hydrogen-bond acceptors (Lipinski definition) is 3. The number of nitrogens with one attached hydrogen (secondary N) is 2. The summed E-state index contributed by atoms with van der Waals surface area (Å²) in [5, 5.41) is 4.06. The van der Waals surface area contributed by atoms with Gasteiger partial charge in [0.15, 0.2) is 0 Å². The van der Waals surface area contributed by atoms with Crippen LogP contribution in [0, 0.1) is 0 Å². The molecule has 1 aromatic carbocycles. The molecule has 0 aliphatic carbocycles. The number of carbonyl (C=O) groups is 1. The van der Waals surface area contributed by atoms with E-state index in [-0.39, 0.29) is 12.0 Å². The average Bonchev–Trinajstić information content (AvgIpc) is 2.88. The lowest BCUT2D eigenvalue weighted by Crippen LogP contribution is -2.30. The summed E-state index contributed by atoms with van der Waals surface area (Å²) in [7, 11) is 1.35. The Morgan fingerprint density at radius 2 is 2.25 bits per heavy atom. The maximum Gasteiger partial charge on any atom is 0.480 e. The van der Waals surface area contributed by atoms with Gasteiger partial charge >= 0.3 is 13.6 Å². The summed E-state index contributed by atoms with van der Waals surface area (Å²) in [4.78, 5) is 14.5. The number of carbonyl (C=O) groups excluding carboxylic acids is 1. The predicted molar refractivity (Wildman–Crippen MR) is 60.8 cm³/mol. The van der Waals surface area contributed by atoms with Crippen molar-refractivity contribution >= 4 is 24.5 Å². The van der Waals surface area contributed by atoms with Crippen molar-refractivity contribution in [2.24, 2.45) is 0 Å². The molecule has 1 aliphatic rings. The van der Waals surface area contributed by atoms with E-state index in [0.29, 0.717) is 6.42 Å². The van der Waals surface area contributed by atoms with E-state index in [4.69, 9.17) is 4.65 Å². The van der Waals surface area contributed by atoms with Crippen molar-refractivity contribution in [1.82, 2.24) is 10.2 Å². The molecule has 1 fully saturated rings. The van der Waals surface area contributed by atoms with Crippen LogP contribution in [0.15, 0.2) is 30.5 Å². The van der Waals surface area contributed by atoms with Crippen molar-refractivity contribution in [1.29, 1.82) is 0 Å². The number of fused-ring (bicyclic) bond motifs is 1. The molecule has 79 valence electrons. The summed E-state index contributed by atoms with van der Waals surface area (Å²) in [6.07, 6.45) is 2.58. The Balaban J connectivity index is 1.92. The van der Waals surface area contributed by atoms with Crippen LogP contribution < -0.4 is 5.23 Å². The Labute approximate surface area is 93.3 Å². The topological polar surface area (TPSA) is 54.1 Å². The van der Waals surface area contributed by atoms with E-state index in [0.717, 1.165) is 16.5 Å². The summed E-state index contributed by atoms with van der Waals surface area (Å²) >= 11 is 0. The van der Waals surface area contributed by atoms with Crippen LogP contribution in [0.2, 0.25) is 0 Å². The monoisotopic (exact) mass is 213 g/mol. The summed E-state index contributed by atoms with van der Waals surface area (Å²) in [5.74, 6) is -0.217. The van der Waals surface area contributed by atoms with Gasteiger partial charge in [0.2, 0.25) is 0 Å². The first kappa shape index (κ1) is 9.48. The smallest absolute Gasteiger partial charge is 0.480 e. The van der Waals surface area contributed by atoms with Gasteiger partial charge in [0.05, 0.1) is 0 Å². The van der Waals surface area contributed by atoms with Gasteiger partial charge < -0.3 is 14.9 Å². The molecule has 2 N–H and O–H groups in total. The zero-order valence-electron chi connectivity index (χ0n) is 8.57. The van der Waals surface area contributed by atoms with Crippen molar-refractivity contribution in [3.8, 4) is 0 Å². The molecule has 1 atom stereocenters. The maximum absolute atomic E-state index is 11.3. The van der Waals surface area contributed by atoms with E-state index < -0.39 is 0 Å². The zero-order chi connectivity index (χ0) is 11.0. The lowest BCUT2D eigenvalue weighted by atomic mass is 10.0. The average molecular weight is 213 g/mol. The van der Waals surface area contributed by atoms with Gasteiger partial charge in [0.1, 0.15) is 6.04 Å². The van der Waals surface area contributed by atoms with E-state index in [1.165, 1.54) is 7.62 Å². The van der Waals surface area contributed by atoms with Gasteiger partial charge in [0.25, 0.3) is 0 Å². The molecule has 3 rings (SSSR count). The van der Waals surface area contributed by atoms with Gasteiger partial charge in [0, 0.05) is 17.1 Å². The van der Waals surface area contributed by atoms with Gasteiger partial charge in [-0.1, -0.05) is 18.2 Å². The molecule has 0 spiro atoms. The van der Waals surface area contributed by atoms with Gasteiger partial charge in [-0.05, 0) is 18.1 Å². The fraction of sp³-hybridized carbons (Fsp3) is 0.182. The first-order chi connectivity index (χ1) is 7.84. The third kappa shape index (κ3) is 1.49. The van der Waals surface area contributed by atoms with Crippen LogP contribution in [0.25, 0.3) is 10.9 Å². The molecular formula is C11H10BN2O2. The number of aromatic amines is 1. The Morgan fingerprint density at radius 1 is 1.38 bits per heavy atom. The first-order valence-electron chi connectivity index (χ1n) is 5.18.